The number of aryl methyl sites for hydroxylation is 1. The van der Waals surface area contributed by atoms with E-state index in [1.807, 2.05) is 79.7 Å². The molecule has 2 unspecified atom stereocenters. The number of hydrogen-bond donors (Lipinski definition) is 1. The molecule has 1 N–H and O–H groups in total. The van der Waals surface area contributed by atoms with Crippen molar-refractivity contribution in [1.82, 2.24) is 9.63 Å². The van der Waals surface area contributed by atoms with Crippen molar-refractivity contribution in [3.63, 3.8) is 0 Å². The van der Waals surface area contributed by atoms with Crippen molar-refractivity contribution in [2.75, 3.05) is 0 Å². The maximum atomic E-state index is 13.8. The fourth-order valence-corrected chi connectivity index (χ4v) is 5.72. The Kier molecular flexibility index (Phi) is 8.31. The summed E-state index contributed by atoms with van der Waals surface area (Å²) in [6.45, 7) is 7.85. The zero-order valence-electron chi connectivity index (χ0n) is 25.2. The molecule has 0 aliphatic heterocycles. The Balaban J connectivity index is 1.63. The molecule has 4 aromatic carbocycles. The van der Waals surface area contributed by atoms with Crippen LogP contribution in [0.5, 0.6) is 0 Å². The topological polar surface area (TPSA) is 119 Å². The highest BCUT2D eigenvalue weighted by atomic mass is 16.7. The summed E-state index contributed by atoms with van der Waals surface area (Å²) in [5.74, 6) is -2.01. The van der Waals surface area contributed by atoms with Crippen molar-refractivity contribution in [3.05, 3.63) is 95.6 Å². The molecular weight excluding hydrogens is 558 g/mol. The smallest absolute Gasteiger partial charge is 0.329 e. The number of ketones is 1. The summed E-state index contributed by atoms with van der Waals surface area (Å²) in [4.78, 5) is 54.9. The highest BCUT2D eigenvalue weighted by molar-refractivity contribution is 6.19. The van der Waals surface area contributed by atoms with Crippen LogP contribution in [0.1, 0.15) is 62.2 Å². The lowest BCUT2D eigenvalue weighted by molar-refractivity contribution is -0.198. The van der Waals surface area contributed by atoms with Crippen molar-refractivity contribution in [1.29, 1.82) is 5.41 Å². The summed E-state index contributed by atoms with van der Waals surface area (Å²) < 4.78 is 7.74. The second-order valence-electron chi connectivity index (χ2n) is 10.7. The molecule has 0 saturated heterocycles. The summed E-state index contributed by atoms with van der Waals surface area (Å²) in [5, 5.41) is 13.2. The van der Waals surface area contributed by atoms with Gasteiger partial charge in [-0.25, -0.2) is 0 Å². The molecule has 0 aliphatic carbocycles. The lowest BCUT2D eigenvalue weighted by atomic mass is 9.95. The van der Waals surface area contributed by atoms with E-state index in [-0.39, 0.29) is 11.5 Å². The third kappa shape index (κ3) is 5.56. The number of esters is 1. The number of hydroxylamine groups is 2. The number of carbonyl (C=O) groups is 4. The predicted octanol–water partition coefficient (Wildman–Crippen LogP) is 6.54. The summed E-state index contributed by atoms with van der Waals surface area (Å²) >= 11 is 0. The van der Waals surface area contributed by atoms with Gasteiger partial charge in [-0.1, -0.05) is 48.5 Å². The molecule has 9 nitrogen and oxygen atoms in total. The zero-order chi connectivity index (χ0) is 31.7. The third-order valence-corrected chi connectivity index (χ3v) is 7.71. The number of fused-ring (bicyclic) bond motifs is 4. The van der Waals surface area contributed by atoms with Crippen LogP contribution in [0.3, 0.4) is 0 Å². The van der Waals surface area contributed by atoms with E-state index in [9.17, 15) is 19.2 Å². The van der Waals surface area contributed by atoms with Crippen LogP contribution < -0.4 is 0 Å². The van der Waals surface area contributed by atoms with E-state index < -0.39 is 30.0 Å². The first-order valence-corrected chi connectivity index (χ1v) is 14.3. The number of ether oxygens (including phenoxy) is 1. The molecule has 0 fully saturated rings. The maximum absolute atomic E-state index is 13.8. The monoisotopic (exact) mass is 591 g/mol. The second kappa shape index (κ2) is 12.1. The van der Waals surface area contributed by atoms with Gasteiger partial charge in [-0.3, -0.25) is 19.2 Å². The molecule has 0 saturated carbocycles. The quantitative estimate of drug-likeness (QED) is 0.0948. The number of nitrogens with zero attached hydrogens (tertiary/aromatic N) is 2. The Hall–Kier alpha value is -5.31. The number of amides is 1. The molecule has 0 aliphatic rings. The minimum Gasteiger partial charge on any atom is -0.451 e. The van der Waals surface area contributed by atoms with E-state index in [2.05, 4.69) is 4.57 Å². The first-order chi connectivity index (χ1) is 21.0. The number of nitrogens with one attached hydrogen (secondary N) is 1. The van der Waals surface area contributed by atoms with Crippen LogP contribution in [0.15, 0.2) is 78.9 Å². The standard InChI is InChI=1S/C35H33N3O6/c1-6-37-31-16-14-25(34(42)28-13-9-11-24-10-7-8-12-27(24)28)18-29(31)30-19-26(15-17-32(30)37)35(43-22(4)40)33(36)20(2)38(21(3)39)44-23(5)41/h7-20,35-36H,6H2,1-5H3. The Bertz CT molecular complexity index is 1970. The van der Waals surface area contributed by atoms with Crippen LogP contribution in [0.4, 0.5) is 0 Å². The van der Waals surface area contributed by atoms with Gasteiger partial charge in [-0.15, -0.1) is 0 Å². The van der Waals surface area contributed by atoms with Crippen molar-refractivity contribution in [2.45, 2.75) is 53.3 Å². The van der Waals surface area contributed by atoms with Crippen LogP contribution in [-0.4, -0.2) is 45.0 Å². The number of carbonyl (C=O) groups excluding carboxylic acids is 4. The molecule has 9 heteroatoms. The Morgan fingerprint density at radius 1 is 0.818 bits per heavy atom. The van der Waals surface area contributed by atoms with Gasteiger partial charge in [0.15, 0.2) is 11.9 Å². The Morgan fingerprint density at radius 3 is 2.14 bits per heavy atom. The van der Waals surface area contributed by atoms with Gasteiger partial charge in [0.05, 0.1) is 5.71 Å². The van der Waals surface area contributed by atoms with Gasteiger partial charge in [-0.2, -0.15) is 5.06 Å². The normalized spacial score (nSPS) is 12.6. The SMILES string of the molecule is CCn1c2ccc(C(=O)c3cccc4ccccc34)cc2c2cc(C(OC(C)=O)C(=N)C(C)N(OC(C)=O)C(C)=O)ccc21. The summed E-state index contributed by atoms with van der Waals surface area (Å²) in [7, 11) is 0. The van der Waals surface area contributed by atoms with E-state index in [0.29, 0.717) is 23.2 Å². The van der Waals surface area contributed by atoms with E-state index in [0.717, 1.165) is 44.6 Å². The third-order valence-electron chi connectivity index (χ3n) is 7.71. The van der Waals surface area contributed by atoms with Crippen molar-refractivity contribution < 1.29 is 28.8 Å². The number of hydrogen-bond acceptors (Lipinski definition) is 7. The van der Waals surface area contributed by atoms with E-state index in [1.165, 1.54) is 20.8 Å². The summed E-state index contributed by atoms with van der Waals surface area (Å²) in [5.41, 5.74) is 3.33. The molecule has 1 amide bonds. The lowest BCUT2D eigenvalue weighted by Gasteiger charge is -2.29. The van der Waals surface area contributed by atoms with Gasteiger partial charge in [0.1, 0.15) is 6.04 Å². The minimum absolute atomic E-state index is 0.0968. The molecule has 1 heterocycles. The van der Waals surface area contributed by atoms with E-state index >= 15 is 0 Å². The summed E-state index contributed by atoms with van der Waals surface area (Å²) in [6, 6.07) is 23.6. The van der Waals surface area contributed by atoms with Crippen molar-refractivity contribution in [3.8, 4) is 0 Å². The van der Waals surface area contributed by atoms with Gasteiger partial charge in [0.25, 0.3) is 5.91 Å². The van der Waals surface area contributed by atoms with Crippen LogP contribution >= 0.6 is 0 Å². The van der Waals surface area contributed by atoms with E-state index in [1.54, 1.807) is 6.07 Å². The molecule has 5 rings (SSSR count). The Labute approximate surface area is 254 Å². The number of aromatic nitrogens is 1. The molecule has 44 heavy (non-hydrogen) atoms. The second-order valence-corrected chi connectivity index (χ2v) is 10.7. The molecule has 5 aromatic rings. The first kappa shape index (κ1) is 30.2. The molecule has 0 bridgehead atoms. The fraction of sp³-hybridized carbons (Fsp3) is 0.229. The van der Waals surface area contributed by atoms with Crippen LogP contribution in [0, 0.1) is 5.41 Å². The van der Waals surface area contributed by atoms with E-state index in [4.69, 9.17) is 15.0 Å². The van der Waals surface area contributed by atoms with Gasteiger partial charge < -0.3 is 19.6 Å². The number of benzene rings is 4. The molecule has 1 aromatic heterocycles. The van der Waals surface area contributed by atoms with Crippen molar-refractivity contribution in [2.24, 2.45) is 0 Å². The summed E-state index contributed by atoms with van der Waals surface area (Å²) in [6.07, 6.45) is -1.16. The largest absolute Gasteiger partial charge is 0.451 e. The van der Waals surface area contributed by atoms with Crippen LogP contribution in [-0.2, 0) is 30.5 Å². The van der Waals surface area contributed by atoms with Gasteiger partial charge >= 0.3 is 11.9 Å². The van der Waals surface area contributed by atoms with Gasteiger partial charge in [0, 0.05) is 60.2 Å². The maximum Gasteiger partial charge on any atom is 0.329 e. The molecular formula is C35H33N3O6. The van der Waals surface area contributed by atoms with Crippen molar-refractivity contribution >= 4 is 61.9 Å². The average Bonchev–Trinajstić information content (AvgIpc) is 3.33. The fourth-order valence-electron chi connectivity index (χ4n) is 5.72. The van der Waals surface area contributed by atoms with Gasteiger partial charge in [-0.05, 0) is 60.5 Å². The molecule has 2 atom stereocenters. The highest BCUT2D eigenvalue weighted by Crippen LogP contribution is 2.34. The van der Waals surface area contributed by atoms with Crippen LogP contribution in [0.2, 0.25) is 0 Å². The minimum atomic E-state index is -1.16. The zero-order valence-corrected chi connectivity index (χ0v) is 25.2. The first-order valence-electron chi connectivity index (χ1n) is 14.3. The molecule has 224 valence electrons. The lowest BCUT2D eigenvalue weighted by Crippen LogP contribution is -2.45. The average molecular weight is 592 g/mol. The predicted molar refractivity (Wildman–Crippen MR) is 168 cm³/mol. The van der Waals surface area contributed by atoms with Gasteiger partial charge in [0.2, 0.25) is 0 Å². The molecule has 0 spiro atoms. The number of rotatable bonds is 8. The Morgan fingerprint density at radius 2 is 1.48 bits per heavy atom. The highest BCUT2D eigenvalue weighted by Gasteiger charge is 2.32. The van der Waals surface area contributed by atoms with Crippen LogP contribution in [0.25, 0.3) is 32.6 Å². The molecule has 0 radical (unpaired) electrons.